The number of rotatable bonds is 5. The van der Waals surface area contributed by atoms with Crippen molar-refractivity contribution in [2.45, 2.75) is 32.9 Å². The van der Waals surface area contributed by atoms with E-state index in [0.717, 1.165) is 31.1 Å². The highest BCUT2D eigenvalue weighted by Gasteiger charge is 2.23. The van der Waals surface area contributed by atoms with Crippen molar-refractivity contribution in [2.75, 3.05) is 26.3 Å². The van der Waals surface area contributed by atoms with Gasteiger partial charge in [0.2, 0.25) is 0 Å². The van der Waals surface area contributed by atoms with Crippen molar-refractivity contribution in [3.63, 3.8) is 0 Å². The van der Waals surface area contributed by atoms with Crippen LogP contribution in [0.1, 0.15) is 30.0 Å². The molecule has 1 amide bonds. The van der Waals surface area contributed by atoms with E-state index < -0.39 is 0 Å². The van der Waals surface area contributed by atoms with Crippen LogP contribution in [0.15, 0.2) is 24.3 Å². The number of ether oxygens (including phenoxy) is 1. The third-order valence-electron chi connectivity index (χ3n) is 4.55. The smallest absolute Gasteiger partial charge is 0.251 e. The number of benzene rings is 1. The predicted octanol–water partition coefficient (Wildman–Crippen LogP) is 1.62. The second-order valence-corrected chi connectivity index (χ2v) is 6.54. The summed E-state index contributed by atoms with van der Waals surface area (Å²) in [5.41, 5.74) is 1.52. The van der Waals surface area contributed by atoms with Crippen molar-refractivity contribution in [2.24, 2.45) is 0 Å². The van der Waals surface area contributed by atoms with Crippen molar-refractivity contribution in [1.29, 1.82) is 0 Å². The van der Waals surface area contributed by atoms with E-state index in [2.05, 4.69) is 39.2 Å². The second-order valence-electron chi connectivity index (χ2n) is 6.54. The van der Waals surface area contributed by atoms with Crippen molar-refractivity contribution < 1.29 is 9.53 Å². The molecule has 0 radical (unpaired) electrons. The zero-order valence-corrected chi connectivity index (χ0v) is 15.0. The Labute approximate surface area is 147 Å². The Balaban J connectivity index is 1.56. The van der Waals surface area contributed by atoms with Gasteiger partial charge in [-0.1, -0.05) is 12.1 Å². The topological polar surface area (TPSA) is 83.1 Å². The van der Waals surface area contributed by atoms with Crippen LogP contribution in [0.5, 0.6) is 0 Å². The fourth-order valence-corrected chi connectivity index (χ4v) is 3.10. The van der Waals surface area contributed by atoms with Gasteiger partial charge in [0.1, 0.15) is 5.82 Å². The second kappa shape index (κ2) is 7.76. The summed E-state index contributed by atoms with van der Waals surface area (Å²) in [6.07, 6.45) is 0. The lowest BCUT2D eigenvalue weighted by Gasteiger charge is -2.37. The number of aromatic amines is 1. The van der Waals surface area contributed by atoms with Gasteiger partial charge in [0.15, 0.2) is 5.82 Å². The van der Waals surface area contributed by atoms with Crippen molar-refractivity contribution >= 4 is 5.91 Å². The molecule has 1 saturated heterocycles. The van der Waals surface area contributed by atoms with Crippen LogP contribution < -0.4 is 5.32 Å². The molecule has 134 valence electrons. The van der Waals surface area contributed by atoms with Gasteiger partial charge >= 0.3 is 0 Å². The van der Waals surface area contributed by atoms with E-state index in [1.165, 1.54) is 0 Å². The van der Waals surface area contributed by atoms with Crippen LogP contribution in [0.4, 0.5) is 0 Å². The van der Waals surface area contributed by atoms with E-state index in [-0.39, 0.29) is 11.9 Å². The van der Waals surface area contributed by atoms with Crippen LogP contribution in [0.2, 0.25) is 0 Å². The van der Waals surface area contributed by atoms with E-state index in [0.29, 0.717) is 24.0 Å². The normalized spacial score (nSPS) is 19.6. The highest BCUT2D eigenvalue weighted by atomic mass is 16.5. The Hall–Kier alpha value is -2.25. The number of aryl methyl sites for hydroxylation is 1. The number of carbonyl (C=O) groups excluding carboxylic acids is 1. The van der Waals surface area contributed by atoms with Crippen molar-refractivity contribution in [3.8, 4) is 11.4 Å². The zero-order valence-electron chi connectivity index (χ0n) is 15.0. The molecular formula is C18H25N5O2. The molecule has 2 heterocycles. The summed E-state index contributed by atoms with van der Waals surface area (Å²) in [6.45, 7) is 9.17. The fourth-order valence-electron chi connectivity index (χ4n) is 3.10. The summed E-state index contributed by atoms with van der Waals surface area (Å²) in [4.78, 5) is 19.0. The van der Waals surface area contributed by atoms with Gasteiger partial charge in [-0.3, -0.25) is 14.8 Å². The molecule has 2 unspecified atom stereocenters. The van der Waals surface area contributed by atoms with Crippen LogP contribution in [0.3, 0.4) is 0 Å². The SMILES string of the molecule is Cc1nc(-c2ccc(C(=O)NCC(C)N3CCOCC3C)cc2)n[nH]1. The zero-order chi connectivity index (χ0) is 17.8. The van der Waals surface area contributed by atoms with Crippen LogP contribution >= 0.6 is 0 Å². The Morgan fingerprint density at radius 1 is 1.44 bits per heavy atom. The van der Waals surface area contributed by atoms with E-state index in [4.69, 9.17) is 4.74 Å². The Morgan fingerprint density at radius 3 is 2.84 bits per heavy atom. The monoisotopic (exact) mass is 343 g/mol. The lowest BCUT2D eigenvalue weighted by molar-refractivity contribution is -0.0178. The molecule has 25 heavy (non-hydrogen) atoms. The minimum Gasteiger partial charge on any atom is -0.379 e. The summed E-state index contributed by atoms with van der Waals surface area (Å²) in [6, 6.07) is 8.00. The number of carbonyl (C=O) groups is 1. The Kier molecular flexibility index (Phi) is 5.45. The highest BCUT2D eigenvalue weighted by Crippen LogP contribution is 2.15. The van der Waals surface area contributed by atoms with Crippen LogP contribution in [0, 0.1) is 6.92 Å². The third-order valence-corrected chi connectivity index (χ3v) is 4.55. The average molecular weight is 343 g/mol. The van der Waals surface area contributed by atoms with Gasteiger partial charge in [-0.25, -0.2) is 4.98 Å². The third kappa shape index (κ3) is 4.24. The van der Waals surface area contributed by atoms with Gasteiger partial charge in [0.25, 0.3) is 5.91 Å². The molecule has 1 aromatic carbocycles. The van der Waals surface area contributed by atoms with Crippen molar-refractivity contribution in [1.82, 2.24) is 25.4 Å². The van der Waals surface area contributed by atoms with Crippen molar-refractivity contribution in [3.05, 3.63) is 35.7 Å². The first kappa shape index (κ1) is 17.6. The first-order chi connectivity index (χ1) is 12.0. The summed E-state index contributed by atoms with van der Waals surface area (Å²) in [7, 11) is 0. The maximum Gasteiger partial charge on any atom is 0.251 e. The number of H-pyrrole nitrogens is 1. The lowest BCUT2D eigenvalue weighted by Crippen LogP contribution is -2.51. The maximum atomic E-state index is 12.4. The number of aromatic nitrogens is 3. The van der Waals surface area contributed by atoms with Gasteiger partial charge in [-0.2, -0.15) is 5.10 Å². The van der Waals surface area contributed by atoms with Crippen LogP contribution in [0.25, 0.3) is 11.4 Å². The van der Waals surface area contributed by atoms with E-state index in [1.54, 1.807) is 12.1 Å². The van der Waals surface area contributed by atoms with Crippen LogP contribution in [-0.4, -0.2) is 64.4 Å². The fraction of sp³-hybridized carbons (Fsp3) is 0.500. The minimum atomic E-state index is -0.0644. The van der Waals surface area contributed by atoms with Gasteiger partial charge in [0.05, 0.1) is 13.2 Å². The quantitative estimate of drug-likeness (QED) is 0.862. The van der Waals surface area contributed by atoms with Gasteiger partial charge in [0, 0.05) is 36.3 Å². The maximum absolute atomic E-state index is 12.4. The molecule has 2 N–H and O–H groups in total. The van der Waals surface area contributed by atoms with E-state index in [1.807, 2.05) is 19.1 Å². The van der Waals surface area contributed by atoms with Gasteiger partial charge < -0.3 is 10.1 Å². The number of hydrogen-bond donors (Lipinski definition) is 2. The number of hydrogen-bond acceptors (Lipinski definition) is 5. The average Bonchev–Trinajstić information content (AvgIpc) is 3.06. The molecule has 0 spiro atoms. The predicted molar refractivity (Wildman–Crippen MR) is 95.3 cm³/mol. The first-order valence-electron chi connectivity index (χ1n) is 8.65. The summed E-state index contributed by atoms with van der Waals surface area (Å²) in [5.74, 6) is 1.34. The summed E-state index contributed by atoms with van der Waals surface area (Å²) >= 11 is 0. The standard InChI is InChI=1S/C18H25N5O2/c1-12(23-8-9-25-11-13(23)2)10-19-18(24)16-6-4-15(5-7-16)17-20-14(3)21-22-17/h4-7,12-13H,8-11H2,1-3H3,(H,19,24)(H,20,21,22). The summed E-state index contributed by atoms with van der Waals surface area (Å²) in [5, 5.41) is 9.97. The molecule has 7 nitrogen and oxygen atoms in total. The molecule has 0 saturated carbocycles. The minimum absolute atomic E-state index is 0.0644. The largest absolute Gasteiger partial charge is 0.379 e. The van der Waals surface area contributed by atoms with E-state index >= 15 is 0 Å². The summed E-state index contributed by atoms with van der Waals surface area (Å²) < 4.78 is 5.46. The van der Waals surface area contributed by atoms with Gasteiger partial charge in [-0.05, 0) is 32.9 Å². The number of nitrogens with one attached hydrogen (secondary N) is 2. The number of nitrogens with zero attached hydrogens (tertiary/aromatic N) is 3. The van der Waals surface area contributed by atoms with E-state index in [9.17, 15) is 4.79 Å². The number of morpholine rings is 1. The molecule has 1 aliphatic rings. The Morgan fingerprint density at radius 2 is 2.20 bits per heavy atom. The first-order valence-corrected chi connectivity index (χ1v) is 8.65. The molecule has 1 aromatic heterocycles. The molecule has 3 rings (SSSR count). The van der Waals surface area contributed by atoms with Gasteiger partial charge in [-0.15, -0.1) is 0 Å². The lowest BCUT2D eigenvalue weighted by atomic mass is 10.1. The molecule has 7 heteroatoms. The number of amides is 1. The molecular weight excluding hydrogens is 318 g/mol. The molecule has 0 aliphatic carbocycles. The highest BCUT2D eigenvalue weighted by molar-refractivity contribution is 5.94. The molecule has 2 atom stereocenters. The molecule has 1 aliphatic heterocycles. The molecule has 2 aromatic rings. The molecule has 1 fully saturated rings. The molecule has 0 bridgehead atoms. The Bertz CT molecular complexity index is 713. The van der Waals surface area contributed by atoms with Crippen LogP contribution in [-0.2, 0) is 4.74 Å².